The summed E-state index contributed by atoms with van der Waals surface area (Å²) >= 11 is 7.11. The zero-order valence-corrected chi connectivity index (χ0v) is 23.3. The van der Waals surface area contributed by atoms with Gasteiger partial charge in [0.1, 0.15) is 4.34 Å². The maximum Gasteiger partial charge on any atom is 0.328 e. The van der Waals surface area contributed by atoms with E-state index in [0.29, 0.717) is 40.2 Å². The topological polar surface area (TPSA) is 123 Å². The summed E-state index contributed by atoms with van der Waals surface area (Å²) < 4.78 is 0.438. The second-order valence-electron chi connectivity index (χ2n) is 9.58. The van der Waals surface area contributed by atoms with Crippen molar-refractivity contribution in [3.05, 3.63) is 69.9 Å². The number of hydrogen-bond donors (Lipinski definition) is 2. The van der Waals surface area contributed by atoms with E-state index < -0.39 is 17.4 Å². The van der Waals surface area contributed by atoms with E-state index in [9.17, 15) is 24.3 Å². The maximum absolute atomic E-state index is 13.7. The first-order valence-electron chi connectivity index (χ1n) is 12.5. The number of urea groups is 1. The molecule has 3 heterocycles. The Hall–Kier alpha value is -3.70. The van der Waals surface area contributed by atoms with E-state index in [4.69, 9.17) is 11.6 Å². The molecule has 2 saturated heterocycles. The van der Waals surface area contributed by atoms with Crippen molar-refractivity contribution in [2.24, 2.45) is 5.41 Å². The van der Waals surface area contributed by atoms with Crippen molar-refractivity contribution in [2.75, 3.05) is 31.5 Å². The van der Waals surface area contributed by atoms with Crippen molar-refractivity contribution >= 4 is 51.9 Å². The highest BCUT2D eigenvalue weighted by Crippen LogP contribution is 2.49. The number of thiazole rings is 1. The van der Waals surface area contributed by atoms with Crippen molar-refractivity contribution < 1.29 is 24.3 Å². The molecule has 206 valence electrons. The highest BCUT2D eigenvalue weighted by molar-refractivity contribution is 7.19. The number of allylic oxidation sites excluding steroid dienone is 2. The number of hydrogen-bond acceptors (Lipinski definition) is 6. The van der Waals surface area contributed by atoms with Crippen LogP contribution in [0.1, 0.15) is 32.3 Å². The maximum atomic E-state index is 13.7. The minimum absolute atomic E-state index is 0.0274. The molecule has 4 amide bonds. The van der Waals surface area contributed by atoms with Gasteiger partial charge < -0.3 is 14.9 Å². The van der Waals surface area contributed by atoms with Gasteiger partial charge in [0.2, 0.25) is 11.8 Å². The molecule has 1 aromatic heterocycles. The summed E-state index contributed by atoms with van der Waals surface area (Å²) in [5.74, 6) is -1.44. The number of benzene rings is 1. The summed E-state index contributed by atoms with van der Waals surface area (Å²) in [7, 11) is 0. The van der Waals surface area contributed by atoms with Gasteiger partial charge in [0.05, 0.1) is 12.6 Å². The number of amides is 4. The van der Waals surface area contributed by atoms with Crippen LogP contribution in [-0.2, 0) is 20.9 Å². The third kappa shape index (κ3) is 6.48. The number of carbonyl (C=O) groups is 4. The Bertz CT molecular complexity index is 1330. The quantitative estimate of drug-likeness (QED) is 0.480. The minimum atomic E-state index is -1.00. The van der Waals surface area contributed by atoms with Crippen LogP contribution in [0.5, 0.6) is 0 Å². The number of likely N-dealkylation sites (tertiary alicyclic amines) is 2. The first-order chi connectivity index (χ1) is 18.6. The number of halogens is 1. The van der Waals surface area contributed by atoms with Gasteiger partial charge in [0.25, 0.3) is 0 Å². The van der Waals surface area contributed by atoms with Gasteiger partial charge in [-0.1, -0.05) is 59.3 Å². The van der Waals surface area contributed by atoms with Crippen molar-refractivity contribution in [3.8, 4) is 0 Å². The minimum Gasteiger partial charge on any atom is -0.481 e. The Labute approximate surface area is 235 Å². The average Bonchev–Trinajstić information content (AvgIpc) is 3.60. The molecule has 2 aliphatic rings. The highest BCUT2D eigenvalue weighted by Gasteiger charge is 2.51. The van der Waals surface area contributed by atoms with Crippen molar-refractivity contribution in [1.29, 1.82) is 0 Å². The summed E-state index contributed by atoms with van der Waals surface area (Å²) in [5, 5.41) is 12.4. The Balaban J connectivity index is 1.68. The molecule has 2 aromatic rings. The number of carboxylic acid groups (broad SMARTS) is 1. The molecule has 12 heteroatoms. The van der Waals surface area contributed by atoms with E-state index in [1.54, 1.807) is 22.8 Å². The predicted octanol–water partition coefficient (Wildman–Crippen LogP) is 4.22. The van der Waals surface area contributed by atoms with Gasteiger partial charge in [0, 0.05) is 56.8 Å². The fraction of sp³-hybridized carbons (Fsp3) is 0.370. The lowest BCUT2D eigenvalue weighted by Gasteiger charge is -2.26. The SMILES string of the molecule is CC=C1/C(=C\C(=O)N(CCC(=O)O)Cc2ccccc2)C2(CCN(C(C)=O)C2)CN1C(=O)Nc1ncc(Cl)s1. The molecule has 0 bridgehead atoms. The van der Waals surface area contributed by atoms with Crippen LogP contribution < -0.4 is 5.32 Å². The summed E-state index contributed by atoms with van der Waals surface area (Å²) in [6.45, 7) is 4.69. The number of carboxylic acids is 1. The third-order valence-corrected chi connectivity index (χ3v) is 8.03. The molecule has 2 aliphatic heterocycles. The normalized spacial score (nSPS) is 20.7. The lowest BCUT2D eigenvalue weighted by molar-refractivity contribution is -0.138. The van der Waals surface area contributed by atoms with Gasteiger partial charge in [0.15, 0.2) is 5.13 Å². The van der Waals surface area contributed by atoms with Crippen LogP contribution in [0.25, 0.3) is 0 Å². The molecule has 2 N–H and O–H groups in total. The monoisotopic (exact) mass is 571 g/mol. The molecule has 1 spiro atoms. The summed E-state index contributed by atoms with van der Waals surface area (Å²) in [6.07, 6.45) is 5.11. The predicted molar refractivity (Wildman–Crippen MR) is 148 cm³/mol. The molecule has 1 unspecified atom stereocenters. The average molecular weight is 572 g/mol. The van der Waals surface area contributed by atoms with Gasteiger partial charge in [-0.3, -0.25) is 24.6 Å². The molecule has 0 aliphatic carbocycles. The van der Waals surface area contributed by atoms with Crippen LogP contribution in [0.4, 0.5) is 9.93 Å². The summed E-state index contributed by atoms with van der Waals surface area (Å²) in [6, 6.07) is 8.92. The Kier molecular flexibility index (Phi) is 8.71. The Morgan fingerprint density at radius 2 is 1.97 bits per heavy atom. The van der Waals surface area contributed by atoms with Gasteiger partial charge in [-0.15, -0.1) is 0 Å². The largest absolute Gasteiger partial charge is 0.481 e. The molecule has 39 heavy (non-hydrogen) atoms. The smallest absolute Gasteiger partial charge is 0.328 e. The number of rotatable bonds is 7. The van der Waals surface area contributed by atoms with Crippen LogP contribution in [0.3, 0.4) is 0 Å². The van der Waals surface area contributed by atoms with Gasteiger partial charge in [-0.2, -0.15) is 0 Å². The number of nitrogens with one attached hydrogen (secondary N) is 1. The van der Waals surface area contributed by atoms with Crippen LogP contribution >= 0.6 is 22.9 Å². The fourth-order valence-corrected chi connectivity index (χ4v) is 5.89. The molecule has 2 fully saturated rings. The number of carbonyl (C=O) groups excluding carboxylic acids is 3. The van der Waals surface area contributed by atoms with Gasteiger partial charge >= 0.3 is 12.0 Å². The van der Waals surface area contributed by atoms with E-state index in [1.807, 2.05) is 30.3 Å². The zero-order chi connectivity index (χ0) is 28.2. The second-order valence-corrected chi connectivity index (χ2v) is 11.2. The summed E-state index contributed by atoms with van der Waals surface area (Å²) in [4.78, 5) is 59.5. The van der Waals surface area contributed by atoms with E-state index in [1.165, 1.54) is 24.1 Å². The van der Waals surface area contributed by atoms with Crippen LogP contribution in [0.2, 0.25) is 4.34 Å². The second kappa shape index (κ2) is 12.0. The first kappa shape index (κ1) is 28.3. The Morgan fingerprint density at radius 1 is 1.23 bits per heavy atom. The number of anilines is 1. The lowest BCUT2D eigenvalue weighted by Crippen LogP contribution is -2.37. The van der Waals surface area contributed by atoms with E-state index in [0.717, 1.165) is 16.9 Å². The molecule has 10 nitrogen and oxygen atoms in total. The van der Waals surface area contributed by atoms with Crippen molar-refractivity contribution in [1.82, 2.24) is 19.7 Å². The Morgan fingerprint density at radius 3 is 2.56 bits per heavy atom. The van der Waals surface area contributed by atoms with Crippen LogP contribution in [0, 0.1) is 5.41 Å². The number of aliphatic carboxylic acids is 1. The highest BCUT2D eigenvalue weighted by atomic mass is 35.5. The molecule has 1 aromatic carbocycles. The molecular formula is C27H30ClN5O5S. The van der Waals surface area contributed by atoms with E-state index in [-0.39, 0.29) is 37.9 Å². The van der Waals surface area contributed by atoms with E-state index >= 15 is 0 Å². The molecule has 0 radical (unpaired) electrons. The molecule has 4 rings (SSSR count). The van der Waals surface area contributed by atoms with Crippen molar-refractivity contribution in [2.45, 2.75) is 33.2 Å². The van der Waals surface area contributed by atoms with Crippen LogP contribution in [-0.4, -0.2) is 74.8 Å². The molecule has 0 saturated carbocycles. The molecule has 1 atom stereocenters. The van der Waals surface area contributed by atoms with Gasteiger partial charge in [-0.05, 0) is 24.5 Å². The number of aromatic nitrogens is 1. The number of nitrogens with zero attached hydrogens (tertiary/aromatic N) is 4. The lowest BCUT2D eigenvalue weighted by atomic mass is 9.80. The van der Waals surface area contributed by atoms with Crippen molar-refractivity contribution in [3.63, 3.8) is 0 Å². The zero-order valence-electron chi connectivity index (χ0n) is 21.7. The fourth-order valence-electron chi connectivity index (χ4n) is 5.09. The van der Waals surface area contributed by atoms with Gasteiger partial charge in [-0.25, -0.2) is 9.78 Å². The standard InChI is InChI=1S/C27H30ClN5O5S/c1-3-21-20(13-23(35)31(11-9-24(36)37)15-19-7-5-4-6-8-19)27(10-12-32(16-27)18(2)34)17-33(21)26(38)30-25-29-14-22(28)39-25/h3-8,13-14H,9-12,15-17H2,1-2H3,(H,36,37)(H,29,30,38)/b20-13+,21-3?. The first-order valence-corrected chi connectivity index (χ1v) is 13.7. The third-order valence-electron chi connectivity index (χ3n) is 7.00. The summed E-state index contributed by atoms with van der Waals surface area (Å²) in [5.41, 5.74) is 1.44. The van der Waals surface area contributed by atoms with E-state index in [2.05, 4.69) is 10.3 Å². The molecular weight excluding hydrogens is 542 g/mol. The van der Waals surface area contributed by atoms with Crippen LogP contribution in [0.15, 0.2) is 60.0 Å².